The van der Waals surface area contributed by atoms with Gasteiger partial charge in [0.15, 0.2) is 0 Å². The summed E-state index contributed by atoms with van der Waals surface area (Å²) >= 11 is 0. The van der Waals surface area contributed by atoms with Crippen molar-refractivity contribution in [2.75, 3.05) is 5.32 Å². The number of nitrogens with one attached hydrogen (secondary N) is 2. The third-order valence-corrected chi connectivity index (χ3v) is 1.53. The molecule has 1 radical (unpaired) electrons. The van der Waals surface area contributed by atoms with Gasteiger partial charge in [-0.15, -0.1) is 0 Å². The van der Waals surface area contributed by atoms with Crippen molar-refractivity contribution in [1.29, 1.82) is 0 Å². The first-order valence-electron chi connectivity index (χ1n) is 3.76. The predicted molar refractivity (Wildman–Crippen MR) is 48.3 cm³/mol. The monoisotopic (exact) mass is 204 g/mol. The molecule has 0 saturated heterocycles. The zero-order chi connectivity index (χ0) is 8.23. The fourth-order valence-corrected chi connectivity index (χ4v) is 0.992. The molecule has 0 spiro atoms. The van der Waals surface area contributed by atoms with E-state index in [9.17, 15) is 0 Å². The molecule has 0 bridgehead atoms. The fraction of sp³-hybridized carbons (Fsp3) is 0. The SMILES string of the molecule is [Sc].c1ccc(Nc2ncc[nH]2)cc1. The van der Waals surface area contributed by atoms with E-state index in [2.05, 4.69) is 15.3 Å². The number of anilines is 2. The van der Waals surface area contributed by atoms with Gasteiger partial charge in [0.2, 0.25) is 5.95 Å². The molecule has 0 fully saturated rings. The van der Waals surface area contributed by atoms with Crippen molar-refractivity contribution in [3.8, 4) is 0 Å². The normalized spacial score (nSPS) is 8.92. The van der Waals surface area contributed by atoms with Crippen LogP contribution in [-0.4, -0.2) is 9.97 Å². The second kappa shape index (κ2) is 4.97. The number of hydrogen-bond acceptors (Lipinski definition) is 2. The van der Waals surface area contributed by atoms with E-state index in [0.29, 0.717) is 0 Å². The number of para-hydroxylation sites is 1. The van der Waals surface area contributed by atoms with Crippen molar-refractivity contribution in [1.82, 2.24) is 9.97 Å². The number of rotatable bonds is 2. The van der Waals surface area contributed by atoms with E-state index in [0.717, 1.165) is 11.6 Å². The maximum Gasteiger partial charge on any atom is 0.204 e. The van der Waals surface area contributed by atoms with E-state index in [1.807, 2.05) is 30.3 Å². The summed E-state index contributed by atoms with van der Waals surface area (Å²) in [5.74, 6) is 0.765. The standard InChI is InChI=1S/C9H9N3.Sc/c1-2-4-8(5-3-1)12-9-10-6-7-11-9;/h1-7H,(H2,10,11,12);. The third-order valence-electron chi connectivity index (χ3n) is 1.53. The fourth-order valence-electron chi connectivity index (χ4n) is 0.992. The molecule has 2 rings (SSSR count). The van der Waals surface area contributed by atoms with Gasteiger partial charge in [-0.3, -0.25) is 0 Å². The molecule has 0 aliphatic carbocycles. The van der Waals surface area contributed by atoms with Crippen LogP contribution in [0, 0.1) is 0 Å². The molecule has 1 aromatic carbocycles. The molecule has 63 valence electrons. The molecule has 0 unspecified atom stereocenters. The summed E-state index contributed by atoms with van der Waals surface area (Å²) in [6.07, 6.45) is 3.50. The Morgan fingerprint density at radius 2 is 1.92 bits per heavy atom. The minimum atomic E-state index is 0. The predicted octanol–water partition coefficient (Wildman–Crippen LogP) is 2.15. The molecular weight excluding hydrogens is 195 g/mol. The molecule has 3 nitrogen and oxygen atoms in total. The molecular formula is C9H9N3Sc. The van der Waals surface area contributed by atoms with E-state index >= 15 is 0 Å². The van der Waals surface area contributed by atoms with E-state index in [1.165, 1.54) is 0 Å². The molecule has 2 N–H and O–H groups in total. The number of imidazole rings is 1. The summed E-state index contributed by atoms with van der Waals surface area (Å²) in [5.41, 5.74) is 1.03. The van der Waals surface area contributed by atoms with Crippen LogP contribution in [0.5, 0.6) is 0 Å². The molecule has 0 atom stereocenters. The maximum atomic E-state index is 4.04. The first-order valence-corrected chi connectivity index (χ1v) is 3.76. The summed E-state index contributed by atoms with van der Waals surface area (Å²) in [4.78, 5) is 7.01. The van der Waals surface area contributed by atoms with Crippen molar-refractivity contribution in [3.63, 3.8) is 0 Å². The van der Waals surface area contributed by atoms with Crippen molar-refractivity contribution in [2.45, 2.75) is 0 Å². The van der Waals surface area contributed by atoms with Crippen LogP contribution in [0.25, 0.3) is 0 Å². The van der Waals surface area contributed by atoms with Crippen molar-refractivity contribution >= 4 is 11.6 Å². The van der Waals surface area contributed by atoms with Gasteiger partial charge >= 0.3 is 0 Å². The Balaban J connectivity index is 0.000000845. The van der Waals surface area contributed by atoms with E-state index in [-0.39, 0.29) is 25.8 Å². The molecule has 1 heterocycles. The molecule has 0 aliphatic heterocycles. The molecule has 0 amide bonds. The zero-order valence-electron chi connectivity index (χ0n) is 7.07. The Hall–Kier alpha value is -0.900. The number of aromatic nitrogens is 2. The summed E-state index contributed by atoms with van der Waals surface area (Å²) < 4.78 is 0. The largest absolute Gasteiger partial charge is 0.331 e. The van der Waals surface area contributed by atoms with Crippen molar-refractivity contribution in [3.05, 3.63) is 42.7 Å². The second-order valence-corrected chi connectivity index (χ2v) is 2.43. The van der Waals surface area contributed by atoms with Gasteiger partial charge in [0.05, 0.1) is 0 Å². The number of benzene rings is 1. The molecule has 0 saturated carbocycles. The van der Waals surface area contributed by atoms with Crippen LogP contribution in [0.3, 0.4) is 0 Å². The summed E-state index contributed by atoms with van der Waals surface area (Å²) in [6.45, 7) is 0. The van der Waals surface area contributed by atoms with E-state index in [4.69, 9.17) is 0 Å². The Kier molecular flexibility index (Phi) is 3.89. The summed E-state index contributed by atoms with van der Waals surface area (Å²) in [5, 5.41) is 3.12. The Morgan fingerprint density at radius 3 is 2.54 bits per heavy atom. The van der Waals surface area contributed by atoms with Gasteiger partial charge in [-0.05, 0) is 12.1 Å². The van der Waals surface area contributed by atoms with Gasteiger partial charge in [0.25, 0.3) is 0 Å². The zero-order valence-corrected chi connectivity index (χ0v) is 8.87. The van der Waals surface area contributed by atoms with Gasteiger partial charge in [0, 0.05) is 43.9 Å². The van der Waals surface area contributed by atoms with E-state index in [1.54, 1.807) is 12.4 Å². The molecule has 4 heteroatoms. The molecule has 2 aromatic rings. The smallest absolute Gasteiger partial charge is 0.204 e. The van der Waals surface area contributed by atoms with Crippen LogP contribution < -0.4 is 5.32 Å². The Bertz CT molecular complexity index is 331. The Morgan fingerprint density at radius 1 is 1.15 bits per heavy atom. The third kappa shape index (κ3) is 2.81. The van der Waals surface area contributed by atoms with Gasteiger partial charge in [-0.2, -0.15) is 0 Å². The molecule has 0 aliphatic rings. The number of H-pyrrole nitrogens is 1. The minimum absolute atomic E-state index is 0. The quantitative estimate of drug-likeness (QED) is 0.786. The molecule has 1 aromatic heterocycles. The first-order chi connectivity index (χ1) is 5.95. The van der Waals surface area contributed by atoms with Gasteiger partial charge in [-0.25, -0.2) is 4.98 Å². The van der Waals surface area contributed by atoms with E-state index < -0.39 is 0 Å². The van der Waals surface area contributed by atoms with Gasteiger partial charge in [0.1, 0.15) is 0 Å². The average molecular weight is 204 g/mol. The number of nitrogens with zero attached hydrogens (tertiary/aromatic N) is 1. The number of aromatic amines is 1. The topological polar surface area (TPSA) is 40.7 Å². The maximum absolute atomic E-state index is 4.04. The first kappa shape index (κ1) is 10.2. The van der Waals surface area contributed by atoms with Crippen LogP contribution in [0.2, 0.25) is 0 Å². The van der Waals surface area contributed by atoms with Crippen molar-refractivity contribution in [2.24, 2.45) is 0 Å². The Labute approximate surface area is 95.4 Å². The van der Waals surface area contributed by atoms with Crippen LogP contribution in [0.4, 0.5) is 11.6 Å². The second-order valence-electron chi connectivity index (χ2n) is 2.43. The number of hydrogen-bond donors (Lipinski definition) is 2. The summed E-state index contributed by atoms with van der Waals surface area (Å²) in [7, 11) is 0. The summed E-state index contributed by atoms with van der Waals surface area (Å²) in [6, 6.07) is 9.91. The van der Waals surface area contributed by atoms with Crippen LogP contribution >= 0.6 is 0 Å². The van der Waals surface area contributed by atoms with Gasteiger partial charge in [-0.1, -0.05) is 18.2 Å². The van der Waals surface area contributed by atoms with Gasteiger partial charge < -0.3 is 10.3 Å². The van der Waals surface area contributed by atoms with Crippen LogP contribution in [0.15, 0.2) is 42.7 Å². The van der Waals surface area contributed by atoms with Crippen LogP contribution in [0.1, 0.15) is 0 Å². The molecule has 13 heavy (non-hydrogen) atoms. The van der Waals surface area contributed by atoms with Crippen LogP contribution in [-0.2, 0) is 25.8 Å². The van der Waals surface area contributed by atoms with Crippen molar-refractivity contribution < 1.29 is 25.8 Å². The minimum Gasteiger partial charge on any atom is -0.331 e. The average Bonchev–Trinajstić information content (AvgIpc) is 2.59.